The lowest BCUT2D eigenvalue weighted by atomic mass is 9.95. The second kappa shape index (κ2) is 6.37. The van der Waals surface area contributed by atoms with Gasteiger partial charge in [-0.05, 0) is 42.5 Å². The van der Waals surface area contributed by atoms with Crippen LogP contribution in [-0.4, -0.2) is 34.0 Å². The molecule has 1 N–H and O–H groups in total. The molecule has 4 nitrogen and oxygen atoms in total. The van der Waals surface area contributed by atoms with Crippen LogP contribution in [-0.2, 0) is 4.79 Å². The molecule has 0 bridgehead atoms. The maximum Gasteiger partial charge on any atom is 0.307 e. The van der Waals surface area contributed by atoms with Gasteiger partial charge in [0.15, 0.2) is 0 Å². The summed E-state index contributed by atoms with van der Waals surface area (Å²) in [6.07, 6.45) is 5.36. The molecular formula is C16H18N2O2S. The summed E-state index contributed by atoms with van der Waals surface area (Å²) in [6.45, 7) is 1.54. The van der Waals surface area contributed by atoms with E-state index in [1.54, 1.807) is 17.5 Å². The zero-order valence-corrected chi connectivity index (χ0v) is 12.5. The lowest BCUT2D eigenvalue weighted by Crippen LogP contribution is -2.41. The van der Waals surface area contributed by atoms with Gasteiger partial charge in [-0.2, -0.15) is 0 Å². The number of likely N-dealkylation sites (tertiary alicyclic amines) is 1. The maximum atomic E-state index is 11.3. The summed E-state index contributed by atoms with van der Waals surface area (Å²) in [4.78, 5) is 19.1. The van der Waals surface area contributed by atoms with Crippen molar-refractivity contribution in [1.29, 1.82) is 0 Å². The smallest absolute Gasteiger partial charge is 0.307 e. The van der Waals surface area contributed by atoms with Gasteiger partial charge in [0.05, 0.1) is 12.0 Å². The van der Waals surface area contributed by atoms with E-state index in [0.29, 0.717) is 6.54 Å². The molecule has 2 aromatic heterocycles. The van der Waals surface area contributed by atoms with E-state index in [4.69, 9.17) is 0 Å². The molecular weight excluding hydrogens is 284 g/mol. The van der Waals surface area contributed by atoms with Gasteiger partial charge in [-0.15, -0.1) is 11.3 Å². The summed E-state index contributed by atoms with van der Waals surface area (Å²) >= 11 is 1.71. The highest BCUT2D eigenvalue weighted by Gasteiger charge is 2.31. The molecule has 0 aliphatic carbocycles. The van der Waals surface area contributed by atoms with Gasteiger partial charge in [0.25, 0.3) is 0 Å². The Kier molecular flexibility index (Phi) is 4.31. The van der Waals surface area contributed by atoms with Gasteiger partial charge in [0.1, 0.15) is 0 Å². The highest BCUT2D eigenvalue weighted by molar-refractivity contribution is 7.10. The fourth-order valence-electron chi connectivity index (χ4n) is 2.98. The van der Waals surface area contributed by atoms with E-state index >= 15 is 0 Å². The first-order valence-corrected chi connectivity index (χ1v) is 8.04. The van der Waals surface area contributed by atoms with Gasteiger partial charge in [0.2, 0.25) is 0 Å². The molecule has 0 spiro atoms. The average molecular weight is 302 g/mol. The Bertz CT molecular complexity index is 586. The molecule has 0 radical (unpaired) electrons. The molecule has 5 heteroatoms. The monoisotopic (exact) mass is 302 g/mol. The fraction of sp³-hybridized carbons (Fsp3) is 0.375. The Morgan fingerprint density at radius 3 is 3.00 bits per heavy atom. The molecule has 1 aliphatic rings. The number of nitrogens with zero attached hydrogens (tertiary/aromatic N) is 2. The first-order valence-electron chi connectivity index (χ1n) is 7.16. The van der Waals surface area contributed by atoms with Crippen LogP contribution in [0.2, 0.25) is 0 Å². The lowest BCUT2D eigenvalue weighted by molar-refractivity contribution is -0.143. The van der Waals surface area contributed by atoms with E-state index in [0.717, 1.165) is 24.9 Å². The largest absolute Gasteiger partial charge is 0.481 e. The third-order valence-corrected chi connectivity index (χ3v) is 4.90. The van der Waals surface area contributed by atoms with E-state index in [2.05, 4.69) is 27.4 Å². The minimum atomic E-state index is -0.684. The van der Waals surface area contributed by atoms with Crippen LogP contribution in [0, 0.1) is 5.92 Å². The highest BCUT2D eigenvalue weighted by Crippen LogP contribution is 2.34. The Morgan fingerprint density at radius 1 is 1.43 bits per heavy atom. The van der Waals surface area contributed by atoms with Crippen molar-refractivity contribution in [3.8, 4) is 0 Å². The van der Waals surface area contributed by atoms with Gasteiger partial charge in [-0.3, -0.25) is 14.7 Å². The number of pyridine rings is 1. The van der Waals surface area contributed by atoms with E-state index in [1.165, 1.54) is 4.88 Å². The molecule has 0 amide bonds. The zero-order valence-electron chi connectivity index (χ0n) is 11.7. The Hall–Kier alpha value is -1.72. The third-order valence-electron chi connectivity index (χ3n) is 3.98. The van der Waals surface area contributed by atoms with Crippen molar-refractivity contribution in [2.45, 2.75) is 18.9 Å². The van der Waals surface area contributed by atoms with Crippen molar-refractivity contribution in [3.63, 3.8) is 0 Å². The van der Waals surface area contributed by atoms with Crippen LogP contribution in [0.25, 0.3) is 0 Å². The second-order valence-corrected chi connectivity index (χ2v) is 6.36. The van der Waals surface area contributed by atoms with Gasteiger partial charge in [0, 0.05) is 23.8 Å². The molecule has 2 unspecified atom stereocenters. The molecule has 3 heterocycles. The summed E-state index contributed by atoms with van der Waals surface area (Å²) in [6, 6.07) is 8.28. The van der Waals surface area contributed by atoms with Gasteiger partial charge >= 0.3 is 5.97 Å². The predicted octanol–water partition coefficient (Wildman–Crippen LogP) is 3.03. The number of carboxylic acid groups (broad SMARTS) is 1. The zero-order chi connectivity index (χ0) is 14.7. The summed E-state index contributed by atoms with van der Waals surface area (Å²) in [5.41, 5.74) is 1.13. The number of aromatic nitrogens is 1. The number of hydrogen-bond donors (Lipinski definition) is 1. The third kappa shape index (κ3) is 3.14. The summed E-state index contributed by atoms with van der Waals surface area (Å²) in [7, 11) is 0. The van der Waals surface area contributed by atoms with E-state index in [9.17, 15) is 9.90 Å². The molecule has 1 aliphatic heterocycles. The summed E-state index contributed by atoms with van der Waals surface area (Å²) < 4.78 is 0. The molecule has 2 aromatic rings. The average Bonchev–Trinajstić information content (AvgIpc) is 3.03. The van der Waals surface area contributed by atoms with E-state index in [1.807, 2.05) is 18.3 Å². The maximum absolute atomic E-state index is 11.3. The van der Waals surface area contributed by atoms with Crippen LogP contribution in [0.4, 0.5) is 0 Å². The highest BCUT2D eigenvalue weighted by atomic mass is 32.1. The molecule has 2 atom stereocenters. The van der Waals surface area contributed by atoms with Crippen molar-refractivity contribution in [1.82, 2.24) is 9.88 Å². The van der Waals surface area contributed by atoms with E-state index < -0.39 is 5.97 Å². The molecule has 0 saturated carbocycles. The van der Waals surface area contributed by atoms with Crippen LogP contribution >= 0.6 is 11.3 Å². The Labute approximate surface area is 128 Å². The number of piperidine rings is 1. The second-order valence-electron chi connectivity index (χ2n) is 5.38. The molecule has 1 fully saturated rings. The van der Waals surface area contributed by atoms with Crippen molar-refractivity contribution in [3.05, 3.63) is 52.5 Å². The van der Waals surface area contributed by atoms with E-state index in [-0.39, 0.29) is 12.0 Å². The van der Waals surface area contributed by atoms with Crippen LogP contribution in [0.5, 0.6) is 0 Å². The minimum Gasteiger partial charge on any atom is -0.481 e. The predicted molar refractivity (Wildman–Crippen MR) is 82.3 cm³/mol. The molecule has 1 saturated heterocycles. The number of carboxylic acids is 1. The number of thiophene rings is 1. The molecule has 110 valence electrons. The number of aliphatic carboxylic acids is 1. The molecule has 21 heavy (non-hydrogen) atoms. The van der Waals surface area contributed by atoms with Crippen molar-refractivity contribution in [2.24, 2.45) is 5.92 Å². The van der Waals surface area contributed by atoms with Crippen molar-refractivity contribution < 1.29 is 9.90 Å². The lowest BCUT2D eigenvalue weighted by Gasteiger charge is -2.36. The van der Waals surface area contributed by atoms with Crippen LogP contribution < -0.4 is 0 Å². The summed E-state index contributed by atoms with van der Waals surface area (Å²) in [5, 5.41) is 11.4. The van der Waals surface area contributed by atoms with Crippen LogP contribution in [0.3, 0.4) is 0 Å². The fourth-order valence-corrected chi connectivity index (χ4v) is 3.87. The Morgan fingerprint density at radius 2 is 2.33 bits per heavy atom. The number of hydrogen-bond acceptors (Lipinski definition) is 4. The quantitative estimate of drug-likeness (QED) is 0.943. The summed E-state index contributed by atoms with van der Waals surface area (Å²) in [5.74, 6) is -0.950. The van der Waals surface area contributed by atoms with Crippen LogP contribution in [0.1, 0.15) is 29.3 Å². The Balaban J connectivity index is 1.91. The number of rotatable bonds is 4. The topological polar surface area (TPSA) is 53.4 Å². The minimum absolute atomic E-state index is 0.112. The molecule has 0 aromatic carbocycles. The SMILES string of the molecule is O=C(O)C1CCCN(C(c2cccnc2)c2cccs2)C1. The van der Waals surface area contributed by atoms with Gasteiger partial charge < -0.3 is 5.11 Å². The first-order chi connectivity index (χ1) is 10.3. The van der Waals surface area contributed by atoms with Gasteiger partial charge in [-0.25, -0.2) is 0 Å². The van der Waals surface area contributed by atoms with Crippen molar-refractivity contribution in [2.75, 3.05) is 13.1 Å². The first kappa shape index (κ1) is 14.2. The molecule has 3 rings (SSSR count). The van der Waals surface area contributed by atoms with Crippen molar-refractivity contribution >= 4 is 17.3 Å². The van der Waals surface area contributed by atoms with Gasteiger partial charge in [-0.1, -0.05) is 12.1 Å². The number of carbonyl (C=O) groups is 1. The normalized spacial score (nSPS) is 21.0. The van der Waals surface area contributed by atoms with Crippen LogP contribution in [0.15, 0.2) is 42.0 Å². The standard InChI is InChI=1S/C16H18N2O2S/c19-16(20)13-5-2-8-18(11-13)15(14-6-3-9-21-14)12-4-1-7-17-10-12/h1,3-4,6-7,9-10,13,15H,2,5,8,11H2,(H,19,20).